The number of nitrogens with one attached hydrogen (secondary N) is 1. The maximum Gasteiger partial charge on any atom is 0.397 e. The van der Waals surface area contributed by atoms with Crippen LogP contribution in [0, 0.1) is 0 Å². The van der Waals surface area contributed by atoms with Gasteiger partial charge in [-0.2, -0.15) is 25.9 Å². The lowest BCUT2D eigenvalue weighted by Gasteiger charge is -2.35. The Kier molecular flexibility index (Phi) is 13.7. The molecule has 0 bridgehead atoms. The minimum Gasteiger partial charge on any atom is -0.461 e. The van der Waals surface area contributed by atoms with Crippen LogP contribution in [0.15, 0.2) is 91.0 Å². The third-order valence-electron chi connectivity index (χ3n) is 8.04. The van der Waals surface area contributed by atoms with E-state index in [1.54, 1.807) is 30.3 Å². The van der Waals surface area contributed by atoms with E-state index in [9.17, 15) is 21.6 Å². The fourth-order valence-electron chi connectivity index (χ4n) is 5.77. The van der Waals surface area contributed by atoms with Gasteiger partial charge in [0.1, 0.15) is 12.1 Å². The van der Waals surface area contributed by atoms with Crippen molar-refractivity contribution in [3.63, 3.8) is 0 Å². The van der Waals surface area contributed by atoms with Crippen molar-refractivity contribution < 1.29 is 35.1 Å². The number of hydrogen-bond donors (Lipinski definition) is 2. The first-order valence-electron chi connectivity index (χ1n) is 15.8. The molecule has 0 spiro atoms. The Bertz CT molecular complexity index is 1510. The van der Waals surface area contributed by atoms with E-state index in [4.69, 9.17) is 9.29 Å². The van der Waals surface area contributed by atoms with Crippen molar-refractivity contribution >= 4 is 26.6 Å². The molecule has 2 atom stereocenters. The van der Waals surface area contributed by atoms with Gasteiger partial charge in [-0.15, -0.1) is 0 Å². The van der Waals surface area contributed by atoms with E-state index in [0.29, 0.717) is 32.1 Å². The maximum atomic E-state index is 13.7. The third kappa shape index (κ3) is 12.2. The molecule has 2 N–H and O–H groups in total. The molecule has 10 nitrogen and oxygen atoms in total. The highest BCUT2D eigenvalue weighted by Crippen LogP contribution is 2.24. The first kappa shape index (κ1) is 35.7. The number of rotatable bonds is 18. The van der Waals surface area contributed by atoms with Gasteiger partial charge in [-0.1, -0.05) is 91.0 Å². The van der Waals surface area contributed by atoms with Crippen LogP contribution in [-0.4, -0.2) is 63.0 Å². The predicted octanol–water partition coefficient (Wildman–Crippen LogP) is 5.06. The number of ether oxygens (including phenoxy) is 1. The summed E-state index contributed by atoms with van der Waals surface area (Å²) in [4.78, 5) is 13.7. The van der Waals surface area contributed by atoms with Gasteiger partial charge in [0.15, 0.2) is 0 Å². The lowest BCUT2D eigenvalue weighted by molar-refractivity contribution is -0.155. The SMILES string of the molecule is O=C(OC(CCCc1ccccc1)CCCc1ccccc1)[C@@H]1CCCCN1S(=O)(=O)N[C@@H](COS(=O)(=O)O)Cc1ccccc1. The Hall–Kier alpha value is -3.13. The first-order chi connectivity index (χ1) is 22.1. The fourth-order valence-corrected chi connectivity index (χ4v) is 7.71. The van der Waals surface area contributed by atoms with Crippen LogP contribution in [0.5, 0.6) is 0 Å². The standard InChI is InChI=1S/C34H44N2O8S2/c37-34(44-32(22-12-20-28-14-4-1-5-15-28)23-13-21-29-16-6-2-7-17-29)33-24-10-11-25-36(33)45(38,39)35-31(27-43-46(40,41)42)26-30-18-8-3-9-19-30/h1-9,14-19,31-33,35H,10-13,20-27H2,(H,40,41,42)/t31-,33+/m1/s1. The number of carbonyl (C=O) groups excluding carboxylic acids is 1. The average molecular weight is 673 g/mol. The van der Waals surface area contributed by atoms with Crippen LogP contribution in [-0.2, 0) is 53.6 Å². The second kappa shape index (κ2) is 17.7. The normalized spacial score (nSPS) is 16.7. The third-order valence-corrected chi connectivity index (χ3v) is 10.2. The van der Waals surface area contributed by atoms with Crippen LogP contribution in [0.4, 0.5) is 0 Å². The molecule has 3 aromatic rings. The van der Waals surface area contributed by atoms with Gasteiger partial charge >= 0.3 is 16.4 Å². The van der Waals surface area contributed by atoms with Gasteiger partial charge in [0.2, 0.25) is 0 Å². The first-order valence-corrected chi connectivity index (χ1v) is 18.6. The zero-order chi connectivity index (χ0) is 32.8. The molecule has 0 aromatic heterocycles. The molecule has 46 heavy (non-hydrogen) atoms. The summed E-state index contributed by atoms with van der Waals surface area (Å²) in [5.41, 5.74) is 3.14. The van der Waals surface area contributed by atoms with Crippen molar-refractivity contribution in [2.24, 2.45) is 0 Å². The van der Waals surface area contributed by atoms with E-state index >= 15 is 0 Å². The summed E-state index contributed by atoms with van der Waals surface area (Å²) in [5.74, 6) is -0.580. The van der Waals surface area contributed by atoms with Gasteiger partial charge in [-0.05, 0) is 80.9 Å². The molecule has 0 saturated carbocycles. The van der Waals surface area contributed by atoms with Crippen molar-refractivity contribution in [1.82, 2.24) is 9.03 Å². The number of nitrogens with zero attached hydrogens (tertiary/aromatic N) is 1. The van der Waals surface area contributed by atoms with Gasteiger partial charge in [0.25, 0.3) is 10.2 Å². The maximum absolute atomic E-state index is 13.7. The number of aryl methyl sites for hydroxylation is 2. The molecule has 250 valence electrons. The predicted molar refractivity (Wildman–Crippen MR) is 176 cm³/mol. The highest BCUT2D eigenvalue weighted by Gasteiger charge is 2.39. The van der Waals surface area contributed by atoms with Crippen LogP contribution in [0.1, 0.15) is 61.6 Å². The molecule has 0 aliphatic carbocycles. The van der Waals surface area contributed by atoms with Gasteiger partial charge in [-0.3, -0.25) is 9.35 Å². The second-order valence-electron chi connectivity index (χ2n) is 11.7. The van der Waals surface area contributed by atoms with Gasteiger partial charge in [-0.25, -0.2) is 4.18 Å². The number of carbonyl (C=O) groups is 1. The molecule has 0 unspecified atom stereocenters. The van der Waals surface area contributed by atoms with E-state index in [1.165, 1.54) is 11.1 Å². The number of esters is 1. The van der Waals surface area contributed by atoms with Crippen molar-refractivity contribution in [1.29, 1.82) is 0 Å². The lowest BCUT2D eigenvalue weighted by Crippen LogP contribution is -2.55. The van der Waals surface area contributed by atoms with Crippen molar-refractivity contribution in [3.8, 4) is 0 Å². The van der Waals surface area contributed by atoms with Crippen LogP contribution in [0.25, 0.3) is 0 Å². The average Bonchev–Trinajstić information content (AvgIpc) is 3.04. The molecule has 1 fully saturated rings. The summed E-state index contributed by atoms with van der Waals surface area (Å²) in [6, 6.07) is 27.1. The molecule has 1 aliphatic heterocycles. The number of piperidine rings is 1. The van der Waals surface area contributed by atoms with Crippen molar-refractivity contribution in [2.75, 3.05) is 13.2 Å². The Balaban J connectivity index is 1.44. The lowest BCUT2D eigenvalue weighted by atomic mass is 10.0. The number of benzene rings is 3. The quantitative estimate of drug-likeness (QED) is 0.141. The van der Waals surface area contributed by atoms with E-state index in [-0.39, 0.29) is 19.1 Å². The summed E-state index contributed by atoms with van der Waals surface area (Å²) in [6.07, 6.45) is 5.89. The second-order valence-corrected chi connectivity index (χ2v) is 14.4. The fraction of sp³-hybridized carbons (Fsp3) is 0.441. The minimum absolute atomic E-state index is 0.101. The molecule has 1 heterocycles. The Morgan fingerprint density at radius 3 is 1.85 bits per heavy atom. The molecule has 1 aliphatic rings. The van der Waals surface area contributed by atoms with E-state index in [0.717, 1.165) is 35.6 Å². The summed E-state index contributed by atoms with van der Waals surface area (Å²) in [6.45, 7) is -0.514. The zero-order valence-corrected chi connectivity index (χ0v) is 27.6. The highest BCUT2D eigenvalue weighted by atomic mass is 32.3. The molecular formula is C34H44N2O8S2. The Morgan fingerprint density at radius 1 is 0.804 bits per heavy atom. The molecular weight excluding hydrogens is 629 g/mol. The van der Waals surface area contributed by atoms with Crippen LogP contribution in [0.3, 0.4) is 0 Å². The minimum atomic E-state index is -4.80. The van der Waals surface area contributed by atoms with E-state index in [2.05, 4.69) is 33.2 Å². The molecule has 3 aromatic carbocycles. The number of hydrogen-bond acceptors (Lipinski definition) is 7. The molecule has 0 radical (unpaired) electrons. The van der Waals surface area contributed by atoms with E-state index < -0.39 is 45.3 Å². The highest BCUT2D eigenvalue weighted by molar-refractivity contribution is 7.87. The molecule has 0 amide bonds. The monoisotopic (exact) mass is 672 g/mol. The van der Waals surface area contributed by atoms with Crippen molar-refractivity contribution in [2.45, 2.75) is 82.4 Å². The topological polar surface area (TPSA) is 139 Å². The Morgan fingerprint density at radius 2 is 1.33 bits per heavy atom. The van der Waals surface area contributed by atoms with Gasteiger partial charge in [0.05, 0.1) is 12.6 Å². The van der Waals surface area contributed by atoms with E-state index in [1.807, 2.05) is 36.4 Å². The summed E-state index contributed by atoms with van der Waals surface area (Å²) >= 11 is 0. The van der Waals surface area contributed by atoms with Crippen LogP contribution >= 0.6 is 0 Å². The van der Waals surface area contributed by atoms with Crippen LogP contribution in [0.2, 0.25) is 0 Å². The summed E-state index contributed by atoms with van der Waals surface area (Å²) in [7, 11) is -9.08. The Labute approximate surface area is 273 Å². The zero-order valence-electron chi connectivity index (χ0n) is 25.9. The van der Waals surface area contributed by atoms with Crippen molar-refractivity contribution in [3.05, 3.63) is 108 Å². The van der Waals surface area contributed by atoms with Crippen LogP contribution < -0.4 is 4.72 Å². The van der Waals surface area contributed by atoms with Gasteiger partial charge < -0.3 is 4.74 Å². The van der Waals surface area contributed by atoms with Gasteiger partial charge in [0, 0.05) is 6.54 Å². The summed E-state index contributed by atoms with van der Waals surface area (Å²) < 4.78 is 73.4. The largest absolute Gasteiger partial charge is 0.461 e. The summed E-state index contributed by atoms with van der Waals surface area (Å²) in [5, 5.41) is 0. The molecule has 1 saturated heterocycles. The molecule has 4 rings (SSSR count). The molecule has 12 heteroatoms. The smallest absolute Gasteiger partial charge is 0.397 e.